The Morgan fingerprint density at radius 1 is 1.53 bits per heavy atom. The molecular weight excluding hydrogens is 242 g/mol. The lowest BCUT2D eigenvalue weighted by molar-refractivity contribution is 0.0947. The van der Waals surface area contributed by atoms with Crippen molar-refractivity contribution in [1.82, 2.24) is 15.6 Å². The van der Waals surface area contributed by atoms with Crippen molar-refractivity contribution in [3.8, 4) is 0 Å². The number of rotatable bonds is 5. The van der Waals surface area contributed by atoms with Gasteiger partial charge in [0.2, 0.25) is 0 Å². The second-order valence-electron chi connectivity index (χ2n) is 5.53. The highest BCUT2D eigenvalue weighted by Crippen LogP contribution is 2.24. The van der Waals surface area contributed by atoms with Crippen LogP contribution in [0, 0.1) is 5.92 Å². The zero-order valence-electron chi connectivity index (χ0n) is 11.7. The third-order valence-corrected chi connectivity index (χ3v) is 3.45. The van der Waals surface area contributed by atoms with Crippen LogP contribution in [0.3, 0.4) is 0 Å². The fourth-order valence-corrected chi connectivity index (χ4v) is 2.21. The van der Waals surface area contributed by atoms with Crippen LogP contribution >= 0.6 is 0 Å². The van der Waals surface area contributed by atoms with Crippen LogP contribution in [0.1, 0.15) is 55.4 Å². The van der Waals surface area contributed by atoms with E-state index in [1.807, 2.05) is 0 Å². The number of oxazole rings is 1. The number of nitrogens with one attached hydrogen (secondary N) is 2. The Hall–Kier alpha value is -1.36. The van der Waals surface area contributed by atoms with Crippen molar-refractivity contribution >= 4 is 5.91 Å². The lowest BCUT2D eigenvalue weighted by atomic mass is 9.98. The van der Waals surface area contributed by atoms with Gasteiger partial charge in [0, 0.05) is 12.5 Å². The molecule has 106 valence electrons. The van der Waals surface area contributed by atoms with Gasteiger partial charge in [0.15, 0.2) is 11.6 Å². The van der Waals surface area contributed by atoms with E-state index in [4.69, 9.17) is 4.42 Å². The molecule has 19 heavy (non-hydrogen) atoms. The number of hydrogen-bond donors (Lipinski definition) is 2. The van der Waals surface area contributed by atoms with Gasteiger partial charge in [-0.3, -0.25) is 4.79 Å². The zero-order valence-corrected chi connectivity index (χ0v) is 11.7. The number of carbonyl (C=O) groups is 1. The number of nitrogens with zero attached hydrogens (tertiary/aromatic N) is 1. The molecule has 0 bridgehead atoms. The normalized spacial score (nSPS) is 16.8. The van der Waals surface area contributed by atoms with Gasteiger partial charge in [0.05, 0.1) is 0 Å². The molecule has 1 fully saturated rings. The van der Waals surface area contributed by atoms with Gasteiger partial charge in [0.1, 0.15) is 6.26 Å². The minimum absolute atomic E-state index is 0.135. The highest BCUT2D eigenvalue weighted by atomic mass is 16.3. The molecule has 0 aromatic carbocycles. The molecule has 0 atom stereocenters. The van der Waals surface area contributed by atoms with Gasteiger partial charge >= 0.3 is 0 Å². The lowest BCUT2D eigenvalue weighted by Crippen LogP contribution is -2.27. The molecule has 0 radical (unpaired) electrons. The molecular formula is C14H23N3O2. The van der Waals surface area contributed by atoms with E-state index in [9.17, 15) is 4.79 Å². The molecule has 1 aromatic rings. The van der Waals surface area contributed by atoms with Gasteiger partial charge < -0.3 is 15.1 Å². The Labute approximate surface area is 114 Å². The Kier molecular flexibility index (Phi) is 4.96. The predicted octanol–water partition coefficient (Wildman–Crippen LogP) is 1.92. The molecule has 0 saturated carbocycles. The summed E-state index contributed by atoms with van der Waals surface area (Å²) in [5.74, 6) is 1.50. The van der Waals surface area contributed by atoms with Crippen LogP contribution in [-0.4, -0.2) is 30.5 Å². The van der Waals surface area contributed by atoms with Crippen molar-refractivity contribution in [3.05, 3.63) is 17.8 Å². The SMILES string of the molecule is CC(C)CCNC(=O)c1coc(C2CCNCC2)n1. The highest BCUT2D eigenvalue weighted by Gasteiger charge is 2.21. The fraction of sp³-hybridized carbons (Fsp3) is 0.714. The average molecular weight is 265 g/mol. The van der Waals surface area contributed by atoms with Crippen LogP contribution in [0.25, 0.3) is 0 Å². The minimum atomic E-state index is -0.135. The van der Waals surface area contributed by atoms with E-state index in [1.165, 1.54) is 6.26 Å². The molecule has 2 rings (SSSR count). The maximum absolute atomic E-state index is 11.9. The first-order chi connectivity index (χ1) is 9.16. The van der Waals surface area contributed by atoms with Gasteiger partial charge in [-0.05, 0) is 38.3 Å². The first kappa shape index (κ1) is 14.1. The van der Waals surface area contributed by atoms with E-state index in [-0.39, 0.29) is 5.91 Å². The Bertz CT molecular complexity index is 409. The van der Waals surface area contributed by atoms with Gasteiger partial charge in [-0.2, -0.15) is 0 Å². The Morgan fingerprint density at radius 3 is 2.95 bits per heavy atom. The summed E-state index contributed by atoms with van der Waals surface area (Å²) in [4.78, 5) is 16.2. The predicted molar refractivity (Wildman–Crippen MR) is 73.1 cm³/mol. The zero-order chi connectivity index (χ0) is 13.7. The topological polar surface area (TPSA) is 67.2 Å². The van der Waals surface area contributed by atoms with Crippen molar-refractivity contribution in [2.75, 3.05) is 19.6 Å². The van der Waals surface area contributed by atoms with E-state index in [2.05, 4.69) is 29.5 Å². The number of amides is 1. The second kappa shape index (κ2) is 6.70. The number of piperidine rings is 1. The van der Waals surface area contributed by atoms with Gasteiger partial charge in [0.25, 0.3) is 5.91 Å². The van der Waals surface area contributed by atoms with Crippen molar-refractivity contribution in [2.24, 2.45) is 5.92 Å². The summed E-state index contributed by atoms with van der Waals surface area (Å²) in [7, 11) is 0. The summed E-state index contributed by atoms with van der Waals surface area (Å²) in [6.07, 6.45) is 4.50. The van der Waals surface area contributed by atoms with Crippen LogP contribution in [0.15, 0.2) is 10.7 Å². The summed E-state index contributed by atoms with van der Waals surface area (Å²) >= 11 is 0. The van der Waals surface area contributed by atoms with Crippen LogP contribution in [0.4, 0.5) is 0 Å². The number of carbonyl (C=O) groups excluding carboxylic acids is 1. The van der Waals surface area contributed by atoms with Gasteiger partial charge in [-0.25, -0.2) is 4.98 Å². The maximum atomic E-state index is 11.9. The third kappa shape index (κ3) is 4.06. The van der Waals surface area contributed by atoms with Gasteiger partial charge in [-0.15, -0.1) is 0 Å². The summed E-state index contributed by atoms with van der Waals surface area (Å²) in [6.45, 7) is 6.94. The van der Waals surface area contributed by atoms with Crippen molar-refractivity contribution in [1.29, 1.82) is 0 Å². The molecule has 0 unspecified atom stereocenters. The van der Waals surface area contributed by atoms with Crippen molar-refractivity contribution in [2.45, 2.75) is 39.0 Å². The molecule has 1 aliphatic rings. The standard InChI is InChI=1S/C14H23N3O2/c1-10(2)3-8-16-13(18)12-9-19-14(17-12)11-4-6-15-7-5-11/h9-11,15H,3-8H2,1-2H3,(H,16,18). The number of hydrogen-bond acceptors (Lipinski definition) is 4. The Balaban J connectivity index is 1.87. The summed E-state index contributed by atoms with van der Waals surface area (Å²) in [6, 6.07) is 0. The molecule has 1 aliphatic heterocycles. The molecule has 2 N–H and O–H groups in total. The van der Waals surface area contributed by atoms with E-state index >= 15 is 0 Å². The number of aromatic nitrogens is 1. The second-order valence-corrected chi connectivity index (χ2v) is 5.53. The first-order valence-corrected chi connectivity index (χ1v) is 7.11. The van der Waals surface area contributed by atoms with E-state index in [1.54, 1.807) is 0 Å². The monoisotopic (exact) mass is 265 g/mol. The minimum Gasteiger partial charge on any atom is -0.448 e. The van der Waals surface area contributed by atoms with Crippen LogP contribution in [0.5, 0.6) is 0 Å². The molecule has 1 amide bonds. The largest absolute Gasteiger partial charge is 0.448 e. The lowest BCUT2D eigenvalue weighted by Gasteiger charge is -2.19. The highest BCUT2D eigenvalue weighted by molar-refractivity contribution is 5.91. The van der Waals surface area contributed by atoms with Crippen LogP contribution in [0.2, 0.25) is 0 Å². The van der Waals surface area contributed by atoms with Crippen LogP contribution in [-0.2, 0) is 0 Å². The van der Waals surface area contributed by atoms with E-state index in [0.29, 0.717) is 30.0 Å². The summed E-state index contributed by atoms with van der Waals surface area (Å²) in [5.41, 5.74) is 0.400. The fourth-order valence-electron chi connectivity index (χ4n) is 2.21. The summed E-state index contributed by atoms with van der Waals surface area (Å²) in [5, 5.41) is 6.18. The third-order valence-electron chi connectivity index (χ3n) is 3.45. The van der Waals surface area contributed by atoms with Crippen LogP contribution < -0.4 is 10.6 Å². The molecule has 5 heteroatoms. The Morgan fingerprint density at radius 2 is 2.26 bits per heavy atom. The van der Waals surface area contributed by atoms with Gasteiger partial charge in [-0.1, -0.05) is 13.8 Å². The van der Waals surface area contributed by atoms with E-state index in [0.717, 1.165) is 32.4 Å². The molecule has 1 aromatic heterocycles. The summed E-state index contributed by atoms with van der Waals surface area (Å²) < 4.78 is 5.45. The quantitative estimate of drug-likeness (QED) is 0.853. The maximum Gasteiger partial charge on any atom is 0.273 e. The molecule has 0 aliphatic carbocycles. The first-order valence-electron chi connectivity index (χ1n) is 7.11. The van der Waals surface area contributed by atoms with Crippen molar-refractivity contribution < 1.29 is 9.21 Å². The average Bonchev–Trinajstić information content (AvgIpc) is 2.89. The molecule has 1 saturated heterocycles. The molecule has 0 spiro atoms. The van der Waals surface area contributed by atoms with E-state index < -0.39 is 0 Å². The van der Waals surface area contributed by atoms with Crippen molar-refractivity contribution in [3.63, 3.8) is 0 Å². The molecule has 5 nitrogen and oxygen atoms in total. The smallest absolute Gasteiger partial charge is 0.273 e. The molecule has 2 heterocycles.